The molecule has 4 heteroatoms. The van der Waals surface area contributed by atoms with Crippen molar-refractivity contribution in [2.75, 3.05) is 6.61 Å². The van der Waals surface area contributed by atoms with E-state index in [4.69, 9.17) is 4.74 Å². The van der Waals surface area contributed by atoms with E-state index in [0.717, 1.165) is 11.8 Å². The van der Waals surface area contributed by atoms with Gasteiger partial charge in [-0.1, -0.05) is 78.9 Å². The third-order valence-electron chi connectivity index (χ3n) is 5.62. The maximum atomic E-state index is 12.6. The lowest BCUT2D eigenvalue weighted by molar-refractivity contribution is -0.108. The van der Waals surface area contributed by atoms with Crippen molar-refractivity contribution in [3.63, 3.8) is 0 Å². The Morgan fingerprint density at radius 2 is 1.50 bits per heavy atom. The maximum Gasteiger partial charge on any atom is 0.407 e. The molecule has 152 valence electrons. The molecular weight excluding hydrogens is 374 g/mol. The highest BCUT2D eigenvalue weighted by Gasteiger charge is 2.29. The Hall–Kier alpha value is -3.40. The number of alkyl carbamates (subject to hydrolysis) is 1. The maximum absolute atomic E-state index is 12.6. The number of benzene rings is 3. The van der Waals surface area contributed by atoms with Crippen molar-refractivity contribution in [2.45, 2.75) is 31.2 Å². The second-order valence-electron chi connectivity index (χ2n) is 7.60. The molecule has 0 spiro atoms. The van der Waals surface area contributed by atoms with Crippen molar-refractivity contribution in [3.05, 3.63) is 95.6 Å². The second-order valence-corrected chi connectivity index (χ2v) is 7.60. The van der Waals surface area contributed by atoms with Crippen molar-refractivity contribution < 1.29 is 14.3 Å². The Labute approximate surface area is 176 Å². The molecule has 3 aromatic carbocycles. The zero-order valence-electron chi connectivity index (χ0n) is 16.8. The molecule has 0 aliphatic heterocycles. The highest BCUT2D eigenvalue weighted by Crippen LogP contribution is 2.44. The Kier molecular flexibility index (Phi) is 6.23. The average molecular weight is 399 g/mol. The number of amides is 1. The minimum absolute atomic E-state index is 0.0331. The standard InChI is InChI=1S/C26H25NO3/c28-16-8-11-20(17-19-9-2-1-3-10-19)27-26(29)30-18-25-23-14-6-4-12-21(23)22-13-5-7-15-24(22)25/h1-7,9-10,12-16,20,25H,8,11,17-18H2,(H,27,29)/t20-/m0/s1. The third kappa shape index (κ3) is 4.43. The summed E-state index contributed by atoms with van der Waals surface area (Å²) in [4.78, 5) is 23.4. The lowest BCUT2D eigenvalue weighted by Crippen LogP contribution is -2.37. The summed E-state index contributed by atoms with van der Waals surface area (Å²) in [5, 5.41) is 2.95. The van der Waals surface area contributed by atoms with Crippen LogP contribution in [-0.2, 0) is 16.0 Å². The van der Waals surface area contributed by atoms with Crippen LogP contribution in [0, 0.1) is 0 Å². The van der Waals surface area contributed by atoms with E-state index in [1.807, 2.05) is 54.6 Å². The molecule has 0 saturated carbocycles. The fraction of sp³-hybridized carbons (Fsp3) is 0.231. The number of carbonyl (C=O) groups is 2. The molecule has 0 bridgehead atoms. The Balaban J connectivity index is 1.41. The molecule has 0 radical (unpaired) electrons. The number of hydrogen-bond acceptors (Lipinski definition) is 3. The first-order valence-corrected chi connectivity index (χ1v) is 10.4. The lowest BCUT2D eigenvalue weighted by Gasteiger charge is -2.19. The summed E-state index contributed by atoms with van der Waals surface area (Å²) in [6.07, 6.45) is 2.10. The quantitative estimate of drug-likeness (QED) is 0.535. The lowest BCUT2D eigenvalue weighted by atomic mass is 9.98. The van der Waals surface area contributed by atoms with Gasteiger partial charge in [-0.25, -0.2) is 4.79 Å². The predicted octanol–water partition coefficient (Wildman–Crippen LogP) is 5.12. The van der Waals surface area contributed by atoms with Gasteiger partial charge in [-0.3, -0.25) is 0 Å². The molecule has 1 aliphatic carbocycles. The number of nitrogens with one attached hydrogen (secondary N) is 1. The average Bonchev–Trinajstić information content (AvgIpc) is 3.10. The van der Waals surface area contributed by atoms with Crippen LogP contribution in [-0.4, -0.2) is 25.0 Å². The van der Waals surface area contributed by atoms with Crippen LogP contribution in [0.5, 0.6) is 0 Å². The largest absolute Gasteiger partial charge is 0.449 e. The molecule has 0 saturated heterocycles. The third-order valence-corrected chi connectivity index (χ3v) is 5.62. The van der Waals surface area contributed by atoms with Gasteiger partial charge in [0.25, 0.3) is 0 Å². The highest BCUT2D eigenvalue weighted by atomic mass is 16.5. The number of hydrogen-bond donors (Lipinski definition) is 1. The molecule has 1 amide bonds. The topological polar surface area (TPSA) is 55.4 Å². The van der Waals surface area contributed by atoms with Gasteiger partial charge >= 0.3 is 6.09 Å². The van der Waals surface area contributed by atoms with E-state index in [9.17, 15) is 9.59 Å². The van der Waals surface area contributed by atoms with E-state index >= 15 is 0 Å². The van der Waals surface area contributed by atoms with Gasteiger partial charge in [0.15, 0.2) is 0 Å². The first-order valence-electron chi connectivity index (χ1n) is 10.4. The van der Waals surface area contributed by atoms with Crippen molar-refractivity contribution in [2.24, 2.45) is 0 Å². The number of fused-ring (bicyclic) bond motifs is 3. The van der Waals surface area contributed by atoms with Crippen molar-refractivity contribution in [3.8, 4) is 11.1 Å². The molecule has 1 atom stereocenters. The fourth-order valence-electron chi connectivity index (χ4n) is 4.20. The van der Waals surface area contributed by atoms with Crippen LogP contribution < -0.4 is 5.32 Å². The van der Waals surface area contributed by atoms with Gasteiger partial charge in [0, 0.05) is 18.4 Å². The molecule has 0 heterocycles. The Morgan fingerprint density at radius 1 is 0.900 bits per heavy atom. The first-order chi connectivity index (χ1) is 14.8. The van der Waals surface area contributed by atoms with E-state index < -0.39 is 6.09 Å². The summed E-state index contributed by atoms with van der Waals surface area (Å²) in [6.45, 7) is 0.283. The molecule has 0 fully saturated rings. The molecule has 0 unspecified atom stereocenters. The minimum atomic E-state index is -0.441. The normalized spacial score (nSPS) is 13.2. The molecular formula is C26H25NO3. The van der Waals surface area contributed by atoms with Crippen LogP contribution in [0.25, 0.3) is 11.1 Å². The van der Waals surface area contributed by atoms with Crippen LogP contribution in [0.15, 0.2) is 78.9 Å². The van der Waals surface area contributed by atoms with Crippen LogP contribution in [0.4, 0.5) is 4.79 Å². The van der Waals surface area contributed by atoms with E-state index in [2.05, 4.69) is 29.6 Å². The number of aldehydes is 1. The Bertz CT molecular complexity index is 970. The molecule has 1 aliphatic rings. The fourth-order valence-corrected chi connectivity index (χ4v) is 4.20. The van der Waals surface area contributed by atoms with E-state index in [1.165, 1.54) is 22.3 Å². The first kappa shape index (κ1) is 19.9. The van der Waals surface area contributed by atoms with E-state index in [0.29, 0.717) is 19.3 Å². The monoisotopic (exact) mass is 399 g/mol. The van der Waals surface area contributed by atoms with Crippen molar-refractivity contribution in [1.82, 2.24) is 5.32 Å². The molecule has 0 aromatic heterocycles. The smallest absolute Gasteiger partial charge is 0.407 e. The van der Waals surface area contributed by atoms with Crippen molar-refractivity contribution >= 4 is 12.4 Å². The van der Waals surface area contributed by atoms with Gasteiger partial charge in [-0.2, -0.15) is 0 Å². The van der Waals surface area contributed by atoms with Crippen LogP contribution >= 0.6 is 0 Å². The van der Waals surface area contributed by atoms with Crippen molar-refractivity contribution in [1.29, 1.82) is 0 Å². The summed E-state index contributed by atoms with van der Waals surface area (Å²) in [5.41, 5.74) is 5.90. The van der Waals surface area contributed by atoms with Gasteiger partial charge in [-0.05, 0) is 40.7 Å². The van der Waals surface area contributed by atoms with Gasteiger partial charge in [0.2, 0.25) is 0 Å². The molecule has 4 rings (SSSR count). The zero-order chi connectivity index (χ0) is 20.8. The summed E-state index contributed by atoms with van der Waals surface area (Å²) in [5.74, 6) is 0.0331. The second kappa shape index (κ2) is 9.40. The van der Waals surface area contributed by atoms with Gasteiger partial charge in [-0.15, -0.1) is 0 Å². The van der Waals surface area contributed by atoms with Gasteiger partial charge in [0.1, 0.15) is 12.9 Å². The number of rotatable bonds is 8. The highest BCUT2D eigenvalue weighted by molar-refractivity contribution is 5.79. The zero-order valence-corrected chi connectivity index (χ0v) is 16.8. The minimum Gasteiger partial charge on any atom is -0.449 e. The Morgan fingerprint density at radius 3 is 2.13 bits per heavy atom. The molecule has 30 heavy (non-hydrogen) atoms. The van der Waals surface area contributed by atoms with Crippen LogP contribution in [0.3, 0.4) is 0 Å². The molecule has 1 N–H and O–H groups in total. The summed E-state index contributed by atoms with van der Waals surface area (Å²) in [7, 11) is 0. The van der Waals surface area contributed by atoms with Crippen LogP contribution in [0.1, 0.15) is 35.4 Å². The number of carbonyl (C=O) groups excluding carboxylic acids is 2. The summed E-state index contributed by atoms with van der Waals surface area (Å²) < 4.78 is 5.65. The molecule has 4 nitrogen and oxygen atoms in total. The van der Waals surface area contributed by atoms with Gasteiger partial charge in [0.05, 0.1) is 0 Å². The summed E-state index contributed by atoms with van der Waals surface area (Å²) in [6, 6.07) is 26.3. The molecule has 3 aromatic rings. The SMILES string of the molecule is O=CCC[C@@H](Cc1ccccc1)NC(=O)OCC1c2ccccc2-c2ccccc21. The van der Waals surface area contributed by atoms with Crippen LogP contribution in [0.2, 0.25) is 0 Å². The van der Waals surface area contributed by atoms with Gasteiger partial charge < -0.3 is 14.8 Å². The summed E-state index contributed by atoms with van der Waals surface area (Å²) >= 11 is 0. The van der Waals surface area contributed by atoms with E-state index in [-0.39, 0.29) is 18.6 Å². The number of ether oxygens (including phenoxy) is 1. The predicted molar refractivity (Wildman–Crippen MR) is 117 cm³/mol. The van der Waals surface area contributed by atoms with E-state index in [1.54, 1.807) is 0 Å².